The fourth-order valence-electron chi connectivity index (χ4n) is 2.06. The highest BCUT2D eigenvalue weighted by atomic mass is 32.2. The van der Waals surface area contributed by atoms with Gasteiger partial charge >= 0.3 is 6.03 Å². The van der Waals surface area contributed by atoms with Crippen molar-refractivity contribution in [3.63, 3.8) is 0 Å². The van der Waals surface area contributed by atoms with Gasteiger partial charge in [-0.2, -0.15) is 4.72 Å². The molecular formula is C7H11N3O3S. The molecule has 78 valence electrons. The standard InChI is InChI=1S/C7H11N3O3S/c8-6(11)3-1-2-4-5(3)9-7(12)10-14(4)13/h3-5H,1-2H2,(H2,8,11)(H2,9,10,12). The van der Waals surface area contributed by atoms with Crippen molar-refractivity contribution in [2.75, 3.05) is 0 Å². The first-order valence-electron chi connectivity index (χ1n) is 4.36. The minimum Gasteiger partial charge on any atom is -0.593 e. The van der Waals surface area contributed by atoms with Crippen molar-refractivity contribution < 1.29 is 14.1 Å². The number of carbonyl (C=O) groups excluding carboxylic acids is 2. The van der Waals surface area contributed by atoms with Gasteiger partial charge in [-0.15, -0.1) is 0 Å². The molecule has 1 aliphatic heterocycles. The molecule has 1 saturated heterocycles. The van der Waals surface area contributed by atoms with Crippen LogP contribution in [0.1, 0.15) is 12.8 Å². The Labute approximate surface area is 83.9 Å². The summed E-state index contributed by atoms with van der Waals surface area (Å²) in [6.45, 7) is 0. The van der Waals surface area contributed by atoms with Gasteiger partial charge in [0.05, 0.1) is 23.3 Å². The molecule has 4 N–H and O–H groups in total. The first kappa shape index (κ1) is 9.60. The zero-order valence-corrected chi connectivity index (χ0v) is 8.17. The fraction of sp³-hybridized carbons (Fsp3) is 0.714. The van der Waals surface area contributed by atoms with Crippen molar-refractivity contribution in [2.24, 2.45) is 11.7 Å². The molecule has 0 aromatic carbocycles. The predicted molar refractivity (Wildman–Crippen MR) is 49.3 cm³/mol. The van der Waals surface area contributed by atoms with Crippen LogP contribution in [0.4, 0.5) is 4.79 Å². The molecule has 6 nitrogen and oxygen atoms in total. The summed E-state index contributed by atoms with van der Waals surface area (Å²) in [6, 6.07) is -0.847. The van der Waals surface area contributed by atoms with E-state index in [1.54, 1.807) is 0 Å². The molecule has 0 aromatic heterocycles. The van der Waals surface area contributed by atoms with E-state index < -0.39 is 23.3 Å². The third-order valence-corrected chi connectivity index (χ3v) is 4.19. The van der Waals surface area contributed by atoms with E-state index in [0.717, 1.165) is 0 Å². The van der Waals surface area contributed by atoms with Gasteiger partial charge in [0.25, 0.3) is 0 Å². The Bertz CT molecular complexity index is 285. The van der Waals surface area contributed by atoms with Crippen LogP contribution in [0.3, 0.4) is 0 Å². The lowest BCUT2D eigenvalue weighted by molar-refractivity contribution is -0.122. The van der Waals surface area contributed by atoms with Crippen LogP contribution in [0.25, 0.3) is 0 Å². The maximum Gasteiger partial charge on any atom is 0.356 e. The number of rotatable bonds is 1. The van der Waals surface area contributed by atoms with Crippen LogP contribution in [0.15, 0.2) is 0 Å². The van der Waals surface area contributed by atoms with Crippen molar-refractivity contribution in [1.82, 2.24) is 10.0 Å². The van der Waals surface area contributed by atoms with Crippen LogP contribution in [-0.2, 0) is 16.2 Å². The van der Waals surface area contributed by atoms with Crippen molar-refractivity contribution in [1.29, 1.82) is 0 Å². The maximum atomic E-state index is 11.4. The fourth-order valence-corrected chi connectivity index (χ4v) is 3.33. The number of fused-ring (bicyclic) bond motifs is 1. The molecule has 1 aliphatic carbocycles. The summed E-state index contributed by atoms with van der Waals surface area (Å²) in [5, 5.41) is 2.41. The number of hydrogen-bond donors (Lipinski definition) is 3. The first-order chi connectivity index (χ1) is 6.59. The summed E-state index contributed by atoms with van der Waals surface area (Å²) in [7, 11) is 0. The van der Waals surface area contributed by atoms with Crippen molar-refractivity contribution in [3.05, 3.63) is 0 Å². The second kappa shape index (κ2) is 3.32. The summed E-state index contributed by atoms with van der Waals surface area (Å²) in [4.78, 5) is 22.0. The summed E-state index contributed by atoms with van der Waals surface area (Å²) in [6.07, 6.45) is 1.25. The minimum absolute atomic E-state index is 0.190. The molecule has 1 saturated carbocycles. The molecule has 2 aliphatic rings. The van der Waals surface area contributed by atoms with Crippen LogP contribution >= 0.6 is 0 Å². The highest BCUT2D eigenvalue weighted by Crippen LogP contribution is 2.32. The predicted octanol–water partition coefficient (Wildman–Crippen LogP) is -1.40. The van der Waals surface area contributed by atoms with Crippen LogP contribution < -0.4 is 15.8 Å². The van der Waals surface area contributed by atoms with Crippen molar-refractivity contribution >= 4 is 23.3 Å². The normalized spacial score (nSPS) is 41.1. The van der Waals surface area contributed by atoms with Gasteiger partial charge in [-0.25, -0.2) is 4.79 Å². The molecule has 3 amide bonds. The lowest BCUT2D eigenvalue weighted by Crippen LogP contribution is -2.61. The van der Waals surface area contributed by atoms with Crippen LogP contribution in [0, 0.1) is 5.92 Å². The van der Waals surface area contributed by atoms with E-state index in [9.17, 15) is 14.1 Å². The van der Waals surface area contributed by atoms with E-state index in [1.807, 2.05) is 0 Å². The molecule has 2 fully saturated rings. The number of amides is 3. The Morgan fingerprint density at radius 3 is 2.93 bits per heavy atom. The lowest BCUT2D eigenvalue weighted by atomic mass is 10.0. The first-order valence-corrected chi connectivity index (χ1v) is 5.58. The number of nitrogens with one attached hydrogen (secondary N) is 2. The van der Waals surface area contributed by atoms with Crippen LogP contribution in [-0.4, -0.2) is 27.8 Å². The Hall–Kier alpha value is -0.950. The third kappa shape index (κ3) is 1.42. The van der Waals surface area contributed by atoms with Crippen molar-refractivity contribution in [3.8, 4) is 0 Å². The molecular weight excluding hydrogens is 206 g/mol. The Morgan fingerprint density at radius 1 is 1.57 bits per heavy atom. The number of primary amides is 1. The topological polar surface area (TPSA) is 107 Å². The molecule has 0 bridgehead atoms. The number of hydrogen-bond acceptors (Lipinski definition) is 3. The molecule has 0 aromatic rings. The summed E-state index contributed by atoms with van der Waals surface area (Å²) < 4.78 is 13.7. The molecule has 2 rings (SSSR count). The van der Waals surface area contributed by atoms with Crippen LogP contribution in [0.2, 0.25) is 0 Å². The van der Waals surface area contributed by atoms with Crippen molar-refractivity contribution in [2.45, 2.75) is 24.1 Å². The molecule has 4 atom stereocenters. The van der Waals surface area contributed by atoms with Gasteiger partial charge in [0.15, 0.2) is 5.25 Å². The zero-order chi connectivity index (χ0) is 10.3. The van der Waals surface area contributed by atoms with Gasteiger partial charge in [0, 0.05) is 6.42 Å². The molecule has 0 radical (unpaired) electrons. The van der Waals surface area contributed by atoms with E-state index in [2.05, 4.69) is 10.0 Å². The quantitative estimate of drug-likeness (QED) is 0.470. The monoisotopic (exact) mass is 217 g/mol. The highest BCUT2D eigenvalue weighted by Gasteiger charge is 2.50. The second-order valence-electron chi connectivity index (χ2n) is 3.52. The third-order valence-electron chi connectivity index (χ3n) is 2.73. The van der Waals surface area contributed by atoms with E-state index in [0.29, 0.717) is 12.8 Å². The summed E-state index contributed by atoms with van der Waals surface area (Å²) in [5.41, 5.74) is 5.19. The van der Waals surface area contributed by atoms with Crippen LogP contribution in [0.5, 0.6) is 0 Å². The van der Waals surface area contributed by atoms with E-state index in [-0.39, 0.29) is 17.2 Å². The zero-order valence-electron chi connectivity index (χ0n) is 7.36. The number of nitrogens with two attached hydrogens (primary N) is 1. The maximum absolute atomic E-state index is 11.4. The van der Waals surface area contributed by atoms with Gasteiger partial charge in [-0.3, -0.25) is 4.79 Å². The summed E-state index contributed by atoms with van der Waals surface area (Å²) >= 11 is -1.38. The lowest BCUT2D eigenvalue weighted by Gasteiger charge is -2.30. The van der Waals surface area contributed by atoms with Gasteiger partial charge < -0.3 is 15.6 Å². The Morgan fingerprint density at radius 2 is 2.29 bits per heavy atom. The molecule has 7 heteroatoms. The van der Waals surface area contributed by atoms with E-state index in [4.69, 9.17) is 5.73 Å². The van der Waals surface area contributed by atoms with Gasteiger partial charge in [-0.1, -0.05) is 0 Å². The molecule has 1 heterocycles. The number of carbonyl (C=O) groups is 2. The van der Waals surface area contributed by atoms with Gasteiger partial charge in [-0.05, 0) is 6.42 Å². The molecule has 0 spiro atoms. The average Bonchev–Trinajstić information content (AvgIpc) is 2.47. The summed E-state index contributed by atoms with van der Waals surface area (Å²) in [5.74, 6) is -0.813. The smallest absolute Gasteiger partial charge is 0.356 e. The SMILES string of the molecule is NC(=O)C1CCC2C1NC(=O)N[S+]2[O-]. The second-order valence-corrected chi connectivity index (χ2v) is 4.93. The van der Waals surface area contributed by atoms with Gasteiger partial charge in [0.2, 0.25) is 5.91 Å². The molecule has 14 heavy (non-hydrogen) atoms. The number of urea groups is 1. The average molecular weight is 217 g/mol. The molecule has 4 unspecified atom stereocenters. The Kier molecular flexibility index (Phi) is 2.28. The van der Waals surface area contributed by atoms with Gasteiger partial charge in [0.1, 0.15) is 0 Å². The van der Waals surface area contributed by atoms with E-state index in [1.165, 1.54) is 0 Å². The van der Waals surface area contributed by atoms with E-state index >= 15 is 0 Å². The Balaban J connectivity index is 2.16. The largest absolute Gasteiger partial charge is 0.593 e. The minimum atomic E-state index is -1.38. The highest BCUT2D eigenvalue weighted by molar-refractivity contribution is 7.90.